The van der Waals surface area contributed by atoms with Gasteiger partial charge in [0.05, 0.1) is 7.11 Å². The SMILES string of the molecule is COc1cccc(C2CC(NC(C)CCO)C2)c1. The Morgan fingerprint density at radius 2 is 2.22 bits per heavy atom. The van der Waals surface area contributed by atoms with Crippen LogP contribution in [0.1, 0.15) is 37.7 Å². The van der Waals surface area contributed by atoms with Gasteiger partial charge >= 0.3 is 0 Å². The summed E-state index contributed by atoms with van der Waals surface area (Å²) in [5.74, 6) is 1.59. The van der Waals surface area contributed by atoms with Crippen LogP contribution in [-0.2, 0) is 0 Å². The quantitative estimate of drug-likeness (QED) is 0.813. The van der Waals surface area contributed by atoms with Gasteiger partial charge in [0.1, 0.15) is 5.75 Å². The van der Waals surface area contributed by atoms with Crippen molar-refractivity contribution in [3.05, 3.63) is 29.8 Å². The normalized spacial score (nSPS) is 24.4. The van der Waals surface area contributed by atoms with Gasteiger partial charge in [0.2, 0.25) is 0 Å². The molecule has 3 heteroatoms. The van der Waals surface area contributed by atoms with Crippen LogP contribution in [0.5, 0.6) is 5.75 Å². The summed E-state index contributed by atoms with van der Waals surface area (Å²) in [7, 11) is 1.71. The van der Waals surface area contributed by atoms with Crippen molar-refractivity contribution < 1.29 is 9.84 Å². The molecule has 0 radical (unpaired) electrons. The van der Waals surface area contributed by atoms with Gasteiger partial charge in [-0.15, -0.1) is 0 Å². The molecule has 1 saturated carbocycles. The lowest BCUT2D eigenvalue weighted by Crippen LogP contribution is -2.44. The van der Waals surface area contributed by atoms with Crippen LogP contribution in [0, 0.1) is 0 Å². The zero-order valence-corrected chi connectivity index (χ0v) is 11.2. The lowest BCUT2D eigenvalue weighted by molar-refractivity contribution is 0.229. The first kappa shape index (κ1) is 13.4. The Morgan fingerprint density at radius 3 is 2.89 bits per heavy atom. The number of aliphatic hydroxyl groups excluding tert-OH is 1. The van der Waals surface area contributed by atoms with E-state index in [1.165, 1.54) is 18.4 Å². The van der Waals surface area contributed by atoms with Crippen molar-refractivity contribution in [2.45, 2.75) is 44.2 Å². The molecular weight excluding hydrogens is 226 g/mol. The third-order valence-electron chi connectivity index (χ3n) is 3.79. The van der Waals surface area contributed by atoms with E-state index in [0.29, 0.717) is 18.0 Å². The fourth-order valence-corrected chi connectivity index (χ4v) is 2.60. The van der Waals surface area contributed by atoms with E-state index < -0.39 is 0 Å². The molecule has 1 fully saturated rings. The van der Waals surface area contributed by atoms with Crippen molar-refractivity contribution in [2.75, 3.05) is 13.7 Å². The molecule has 1 aliphatic rings. The second kappa shape index (κ2) is 6.21. The lowest BCUT2D eigenvalue weighted by atomic mass is 9.75. The maximum Gasteiger partial charge on any atom is 0.119 e. The summed E-state index contributed by atoms with van der Waals surface area (Å²) in [6, 6.07) is 9.37. The molecule has 0 saturated heterocycles. The molecule has 18 heavy (non-hydrogen) atoms. The second-order valence-corrected chi connectivity index (χ2v) is 5.22. The van der Waals surface area contributed by atoms with Gasteiger partial charge in [0.25, 0.3) is 0 Å². The van der Waals surface area contributed by atoms with E-state index >= 15 is 0 Å². The van der Waals surface area contributed by atoms with Crippen LogP contribution < -0.4 is 10.1 Å². The van der Waals surface area contributed by atoms with Gasteiger partial charge in [0, 0.05) is 18.7 Å². The maximum atomic E-state index is 8.87. The molecule has 1 aliphatic carbocycles. The van der Waals surface area contributed by atoms with Crippen LogP contribution in [0.2, 0.25) is 0 Å². The number of hydrogen-bond donors (Lipinski definition) is 2. The highest BCUT2D eigenvalue weighted by molar-refractivity contribution is 5.32. The maximum absolute atomic E-state index is 8.87. The van der Waals surface area contributed by atoms with Crippen LogP contribution in [0.4, 0.5) is 0 Å². The Labute approximate surface area is 109 Å². The number of rotatable bonds is 6. The molecule has 1 aromatic rings. The molecule has 0 aliphatic heterocycles. The summed E-state index contributed by atoms with van der Waals surface area (Å²) in [6.45, 7) is 2.40. The van der Waals surface area contributed by atoms with E-state index in [0.717, 1.165) is 12.2 Å². The van der Waals surface area contributed by atoms with E-state index in [1.54, 1.807) is 7.11 Å². The minimum atomic E-state index is 0.264. The van der Waals surface area contributed by atoms with Crippen LogP contribution in [0.3, 0.4) is 0 Å². The highest BCUT2D eigenvalue weighted by Crippen LogP contribution is 2.38. The van der Waals surface area contributed by atoms with Gasteiger partial charge in [-0.2, -0.15) is 0 Å². The van der Waals surface area contributed by atoms with Gasteiger partial charge in [-0.3, -0.25) is 0 Å². The Kier molecular flexibility index (Phi) is 4.61. The third-order valence-corrected chi connectivity index (χ3v) is 3.79. The van der Waals surface area contributed by atoms with Crippen molar-refractivity contribution in [3.63, 3.8) is 0 Å². The predicted molar refractivity (Wildman–Crippen MR) is 73.1 cm³/mol. The summed E-state index contributed by atoms with van der Waals surface area (Å²) in [6.07, 6.45) is 3.20. The van der Waals surface area contributed by atoms with Crippen LogP contribution in [-0.4, -0.2) is 30.9 Å². The Bertz CT molecular complexity index is 375. The number of benzene rings is 1. The van der Waals surface area contributed by atoms with E-state index in [4.69, 9.17) is 9.84 Å². The average Bonchev–Trinajstić information content (AvgIpc) is 2.33. The Hall–Kier alpha value is -1.06. The molecule has 3 nitrogen and oxygen atoms in total. The molecule has 0 bridgehead atoms. The standard InChI is InChI=1S/C15H23NO2/c1-11(6-7-17)16-14-8-13(9-14)12-4-3-5-15(10-12)18-2/h3-5,10-11,13-14,16-17H,6-9H2,1-2H3. The molecule has 2 N–H and O–H groups in total. The molecule has 1 unspecified atom stereocenters. The predicted octanol–water partition coefficient (Wildman–Crippen LogP) is 2.30. The van der Waals surface area contributed by atoms with E-state index in [9.17, 15) is 0 Å². The van der Waals surface area contributed by atoms with Crippen LogP contribution >= 0.6 is 0 Å². The van der Waals surface area contributed by atoms with Crippen molar-refractivity contribution in [1.29, 1.82) is 0 Å². The van der Waals surface area contributed by atoms with Gasteiger partial charge in [0.15, 0.2) is 0 Å². The van der Waals surface area contributed by atoms with E-state index in [1.807, 2.05) is 6.07 Å². The number of aliphatic hydroxyl groups is 1. The third kappa shape index (κ3) is 3.24. The molecule has 100 valence electrons. The minimum absolute atomic E-state index is 0.264. The Morgan fingerprint density at radius 1 is 1.44 bits per heavy atom. The van der Waals surface area contributed by atoms with Crippen LogP contribution in [0.15, 0.2) is 24.3 Å². The zero-order valence-electron chi connectivity index (χ0n) is 11.2. The number of hydrogen-bond acceptors (Lipinski definition) is 3. The highest BCUT2D eigenvalue weighted by atomic mass is 16.5. The summed E-state index contributed by atoms with van der Waals surface area (Å²) >= 11 is 0. The summed E-state index contributed by atoms with van der Waals surface area (Å²) in [4.78, 5) is 0. The smallest absolute Gasteiger partial charge is 0.119 e. The molecule has 1 aromatic carbocycles. The Balaban J connectivity index is 1.81. The summed E-state index contributed by atoms with van der Waals surface area (Å²) in [5.41, 5.74) is 1.38. The molecular formula is C15H23NO2. The largest absolute Gasteiger partial charge is 0.497 e. The second-order valence-electron chi connectivity index (χ2n) is 5.22. The number of ether oxygens (including phenoxy) is 1. The number of nitrogens with one attached hydrogen (secondary N) is 1. The first-order chi connectivity index (χ1) is 8.72. The van der Waals surface area contributed by atoms with Crippen molar-refractivity contribution in [3.8, 4) is 5.75 Å². The molecule has 0 spiro atoms. The fourth-order valence-electron chi connectivity index (χ4n) is 2.60. The van der Waals surface area contributed by atoms with Gasteiger partial charge in [-0.1, -0.05) is 12.1 Å². The fraction of sp³-hybridized carbons (Fsp3) is 0.600. The zero-order chi connectivity index (χ0) is 13.0. The summed E-state index contributed by atoms with van der Waals surface area (Å²) < 4.78 is 5.25. The van der Waals surface area contributed by atoms with Crippen molar-refractivity contribution >= 4 is 0 Å². The topological polar surface area (TPSA) is 41.5 Å². The first-order valence-electron chi connectivity index (χ1n) is 6.73. The highest BCUT2D eigenvalue weighted by Gasteiger charge is 2.30. The number of methoxy groups -OCH3 is 1. The minimum Gasteiger partial charge on any atom is -0.497 e. The van der Waals surface area contributed by atoms with Gasteiger partial charge in [-0.25, -0.2) is 0 Å². The molecule has 2 rings (SSSR count). The van der Waals surface area contributed by atoms with E-state index in [-0.39, 0.29) is 6.61 Å². The average molecular weight is 249 g/mol. The lowest BCUT2D eigenvalue weighted by Gasteiger charge is -2.38. The van der Waals surface area contributed by atoms with Crippen LogP contribution in [0.25, 0.3) is 0 Å². The van der Waals surface area contributed by atoms with E-state index in [2.05, 4.69) is 30.4 Å². The first-order valence-corrected chi connectivity index (χ1v) is 6.73. The molecule has 1 atom stereocenters. The van der Waals surface area contributed by atoms with Gasteiger partial charge in [-0.05, 0) is 49.8 Å². The molecule has 0 aromatic heterocycles. The monoisotopic (exact) mass is 249 g/mol. The van der Waals surface area contributed by atoms with Crippen molar-refractivity contribution in [2.24, 2.45) is 0 Å². The molecule has 0 amide bonds. The summed E-state index contributed by atoms with van der Waals surface area (Å²) in [5, 5.41) is 12.4. The van der Waals surface area contributed by atoms with Gasteiger partial charge < -0.3 is 15.2 Å². The van der Waals surface area contributed by atoms with Crippen molar-refractivity contribution in [1.82, 2.24) is 5.32 Å². The molecule has 0 heterocycles.